The van der Waals surface area contributed by atoms with Crippen molar-refractivity contribution in [3.05, 3.63) is 29.3 Å². The lowest BCUT2D eigenvalue weighted by molar-refractivity contribution is -0.138. The van der Waals surface area contributed by atoms with Gasteiger partial charge in [-0.15, -0.1) is 11.6 Å². The Bertz CT molecular complexity index is 310. The summed E-state index contributed by atoms with van der Waals surface area (Å²) in [6, 6.07) is 0.380. The standard InChI is InChI=1S/C7H4ClF4N/c8-2-6-5(9)1-4(3-13-6)7(10,11)12/h1,3H,2H2. The summed E-state index contributed by atoms with van der Waals surface area (Å²) in [7, 11) is 0. The van der Waals surface area contributed by atoms with Crippen LogP contribution in [0.3, 0.4) is 0 Å². The zero-order valence-electron chi connectivity index (χ0n) is 6.20. The summed E-state index contributed by atoms with van der Waals surface area (Å²) < 4.78 is 48.6. The van der Waals surface area contributed by atoms with E-state index in [0.29, 0.717) is 12.3 Å². The van der Waals surface area contributed by atoms with Gasteiger partial charge in [-0.05, 0) is 6.07 Å². The SMILES string of the molecule is Fc1cc(C(F)(F)F)cnc1CCl. The third-order valence-corrected chi connectivity index (χ3v) is 1.62. The Morgan fingerprint density at radius 3 is 2.38 bits per heavy atom. The lowest BCUT2D eigenvalue weighted by Crippen LogP contribution is -2.07. The van der Waals surface area contributed by atoms with Crippen molar-refractivity contribution in [3.63, 3.8) is 0 Å². The monoisotopic (exact) mass is 213 g/mol. The maximum atomic E-state index is 12.7. The molecule has 0 saturated carbocycles. The third kappa shape index (κ3) is 2.30. The zero-order valence-corrected chi connectivity index (χ0v) is 6.95. The fourth-order valence-electron chi connectivity index (χ4n) is 0.720. The largest absolute Gasteiger partial charge is 0.417 e. The van der Waals surface area contributed by atoms with Crippen LogP contribution in [0.5, 0.6) is 0 Å². The molecule has 0 spiro atoms. The summed E-state index contributed by atoms with van der Waals surface area (Å²) in [5.41, 5.74) is -1.30. The minimum absolute atomic E-state index is 0.185. The molecule has 0 aliphatic carbocycles. The van der Waals surface area contributed by atoms with Crippen LogP contribution in [0.25, 0.3) is 0 Å². The second-order valence-corrected chi connectivity index (χ2v) is 2.55. The highest BCUT2D eigenvalue weighted by atomic mass is 35.5. The molecule has 0 aliphatic heterocycles. The predicted molar refractivity (Wildman–Crippen MR) is 38.8 cm³/mol. The second-order valence-electron chi connectivity index (χ2n) is 2.28. The number of rotatable bonds is 1. The molecule has 0 radical (unpaired) electrons. The van der Waals surface area contributed by atoms with Crippen molar-refractivity contribution in [3.8, 4) is 0 Å². The van der Waals surface area contributed by atoms with Crippen molar-refractivity contribution in [1.82, 2.24) is 4.98 Å². The van der Waals surface area contributed by atoms with E-state index in [4.69, 9.17) is 11.6 Å². The number of hydrogen-bond acceptors (Lipinski definition) is 1. The van der Waals surface area contributed by atoms with Crippen LogP contribution >= 0.6 is 11.6 Å². The van der Waals surface area contributed by atoms with Crippen molar-refractivity contribution in [2.75, 3.05) is 0 Å². The van der Waals surface area contributed by atoms with Gasteiger partial charge in [0.05, 0.1) is 17.1 Å². The lowest BCUT2D eigenvalue weighted by atomic mass is 10.2. The van der Waals surface area contributed by atoms with Crippen LogP contribution in [0, 0.1) is 5.82 Å². The second kappa shape index (κ2) is 3.49. The molecular weight excluding hydrogens is 210 g/mol. The Morgan fingerprint density at radius 1 is 1.38 bits per heavy atom. The van der Waals surface area contributed by atoms with Gasteiger partial charge in [0, 0.05) is 6.20 Å². The first-order valence-electron chi connectivity index (χ1n) is 3.22. The molecule has 1 aromatic heterocycles. The molecule has 0 bridgehead atoms. The molecule has 0 atom stereocenters. The van der Waals surface area contributed by atoms with Gasteiger partial charge in [-0.25, -0.2) is 4.39 Å². The van der Waals surface area contributed by atoms with Crippen LogP contribution in [-0.2, 0) is 12.1 Å². The van der Waals surface area contributed by atoms with E-state index in [1.807, 2.05) is 0 Å². The van der Waals surface area contributed by atoms with Crippen molar-refractivity contribution < 1.29 is 17.6 Å². The summed E-state index contributed by atoms with van der Waals surface area (Å²) >= 11 is 5.22. The predicted octanol–water partition coefficient (Wildman–Crippen LogP) is 2.98. The summed E-state index contributed by atoms with van der Waals surface area (Å²) in [4.78, 5) is 3.24. The lowest BCUT2D eigenvalue weighted by Gasteiger charge is -2.06. The molecule has 0 saturated heterocycles. The smallest absolute Gasteiger partial charge is 0.256 e. The molecule has 0 aliphatic rings. The quantitative estimate of drug-likeness (QED) is 0.516. The Morgan fingerprint density at radius 2 is 2.00 bits per heavy atom. The summed E-state index contributed by atoms with van der Waals surface area (Å²) in [5.74, 6) is -1.28. The maximum absolute atomic E-state index is 12.7. The van der Waals surface area contributed by atoms with E-state index in [0.717, 1.165) is 0 Å². The Kier molecular flexibility index (Phi) is 2.75. The average molecular weight is 214 g/mol. The van der Waals surface area contributed by atoms with E-state index in [-0.39, 0.29) is 11.6 Å². The van der Waals surface area contributed by atoms with E-state index in [9.17, 15) is 17.6 Å². The molecule has 1 nitrogen and oxygen atoms in total. The van der Waals surface area contributed by atoms with Gasteiger partial charge in [-0.3, -0.25) is 4.98 Å². The molecule has 0 fully saturated rings. The molecule has 6 heteroatoms. The molecule has 72 valence electrons. The van der Waals surface area contributed by atoms with Crippen LogP contribution in [0.2, 0.25) is 0 Å². The Labute approximate surface area is 76.3 Å². The number of halogens is 5. The normalized spacial score (nSPS) is 11.8. The molecule has 13 heavy (non-hydrogen) atoms. The minimum Gasteiger partial charge on any atom is -0.256 e. The number of alkyl halides is 4. The van der Waals surface area contributed by atoms with Gasteiger partial charge in [-0.1, -0.05) is 0 Å². The third-order valence-electron chi connectivity index (χ3n) is 1.37. The van der Waals surface area contributed by atoms with Crippen LogP contribution in [0.1, 0.15) is 11.3 Å². The Balaban J connectivity index is 3.10. The first kappa shape index (κ1) is 10.2. The van der Waals surface area contributed by atoms with Crippen molar-refractivity contribution in [2.24, 2.45) is 0 Å². The molecule has 1 rings (SSSR count). The summed E-state index contributed by atoms with van der Waals surface area (Å²) in [6.07, 6.45) is -4.01. The highest BCUT2D eigenvalue weighted by molar-refractivity contribution is 6.16. The van der Waals surface area contributed by atoms with Gasteiger partial charge in [0.25, 0.3) is 0 Å². The van der Waals surface area contributed by atoms with E-state index >= 15 is 0 Å². The van der Waals surface area contributed by atoms with Gasteiger partial charge in [0.1, 0.15) is 5.82 Å². The van der Waals surface area contributed by atoms with Gasteiger partial charge < -0.3 is 0 Å². The van der Waals surface area contributed by atoms with E-state index < -0.39 is 17.6 Å². The fraction of sp³-hybridized carbons (Fsp3) is 0.286. The van der Waals surface area contributed by atoms with Crippen LogP contribution < -0.4 is 0 Å². The molecule has 1 aromatic rings. The molecule has 0 aromatic carbocycles. The fourth-order valence-corrected chi connectivity index (χ4v) is 0.916. The van der Waals surface area contributed by atoms with Gasteiger partial charge in [0.15, 0.2) is 0 Å². The summed E-state index contributed by atoms with van der Waals surface area (Å²) in [6.45, 7) is 0. The van der Waals surface area contributed by atoms with Crippen molar-refractivity contribution >= 4 is 11.6 Å². The minimum atomic E-state index is -4.57. The van der Waals surface area contributed by atoms with Gasteiger partial charge in [0.2, 0.25) is 0 Å². The highest BCUT2D eigenvalue weighted by Gasteiger charge is 2.31. The molecule has 0 N–H and O–H groups in total. The topological polar surface area (TPSA) is 12.9 Å². The molecule has 1 heterocycles. The van der Waals surface area contributed by atoms with Crippen LogP contribution in [-0.4, -0.2) is 4.98 Å². The molecule has 0 amide bonds. The molecule has 0 unspecified atom stereocenters. The van der Waals surface area contributed by atoms with Crippen LogP contribution in [0.4, 0.5) is 17.6 Å². The first-order valence-corrected chi connectivity index (χ1v) is 3.76. The van der Waals surface area contributed by atoms with Crippen LogP contribution in [0.15, 0.2) is 12.3 Å². The number of aromatic nitrogens is 1. The maximum Gasteiger partial charge on any atom is 0.417 e. The van der Waals surface area contributed by atoms with Gasteiger partial charge in [-0.2, -0.15) is 13.2 Å². The number of hydrogen-bond donors (Lipinski definition) is 0. The van der Waals surface area contributed by atoms with E-state index in [2.05, 4.69) is 4.98 Å². The molecular formula is C7H4ClF4N. The first-order chi connectivity index (χ1) is 5.95. The van der Waals surface area contributed by atoms with Crippen molar-refractivity contribution in [2.45, 2.75) is 12.1 Å². The van der Waals surface area contributed by atoms with E-state index in [1.54, 1.807) is 0 Å². The zero-order chi connectivity index (χ0) is 10.1. The average Bonchev–Trinajstić information content (AvgIpc) is 2.02. The van der Waals surface area contributed by atoms with Gasteiger partial charge >= 0.3 is 6.18 Å². The Hall–Kier alpha value is -0.840. The van der Waals surface area contributed by atoms with Crippen molar-refractivity contribution in [1.29, 1.82) is 0 Å². The van der Waals surface area contributed by atoms with E-state index in [1.165, 1.54) is 0 Å². The number of nitrogens with zero attached hydrogens (tertiary/aromatic N) is 1. The highest BCUT2D eigenvalue weighted by Crippen LogP contribution is 2.29. The summed E-state index contributed by atoms with van der Waals surface area (Å²) in [5, 5.41) is 0. The number of pyridine rings is 1.